The average Bonchev–Trinajstić information content (AvgIpc) is 3.07. The fourth-order valence-corrected chi connectivity index (χ4v) is 6.57. The van der Waals surface area contributed by atoms with Gasteiger partial charge in [-0.05, 0) is 68.0 Å². The van der Waals surface area contributed by atoms with Crippen molar-refractivity contribution in [3.8, 4) is 5.75 Å². The van der Waals surface area contributed by atoms with Gasteiger partial charge in [-0.25, -0.2) is 13.4 Å². The van der Waals surface area contributed by atoms with Crippen molar-refractivity contribution in [2.75, 3.05) is 61.7 Å². The summed E-state index contributed by atoms with van der Waals surface area (Å²) in [5.41, 5.74) is 1.16. The van der Waals surface area contributed by atoms with Gasteiger partial charge in [0.2, 0.25) is 16.0 Å². The molecule has 0 saturated carbocycles. The van der Waals surface area contributed by atoms with Crippen LogP contribution in [0.2, 0.25) is 0 Å². The Morgan fingerprint density at radius 3 is 2.47 bits per heavy atom. The van der Waals surface area contributed by atoms with E-state index < -0.39 is 27.6 Å². The van der Waals surface area contributed by atoms with E-state index in [9.17, 15) is 26.4 Å². The Hall–Kier alpha value is -4.15. The Balaban J connectivity index is 1.28. The van der Waals surface area contributed by atoms with Crippen molar-refractivity contribution in [1.82, 2.24) is 20.2 Å². The van der Waals surface area contributed by atoms with Gasteiger partial charge in [0.1, 0.15) is 17.1 Å². The number of piperidine rings is 1. The van der Waals surface area contributed by atoms with Crippen molar-refractivity contribution in [1.29, 1.82) is 0 Å². The normalized spacial score (nSPS) is 16.6. The van der Waals surface area contributed by atoms with E-state index in [-0.39, 0.29) is 30.2 Å². The van der Waals surface area contributed by atoms with Crippen LogP contribution in [0.15, 0.2) is 42.6 Å². The number of carbonyl (C=O) groups is 1. The van der Waals surface area contributed by atoms with Gasteiger partial charge in [0.05, 0.1) is 24.7 Å². The molecule has 2 aliphatic rings. The first-order valence-corrected chi connectivity index (χ1v) is 17.9. The minimum absolute atomic E-state index is 0.0432. The molecule has 2 fully saturated rings. The molecule has 16 heteroatoms. The molecule has 0 radical (unpaired) electrons. The zero-order chi connectivity index (χ0) is 35.3. The number of benzene rings is 2. The van der Waals surface area contributed by atoms with Crippen LogP contribution in [-0.2, 0) is 27.5 Å². The zero-order valence-corrected chi connectivity index (χ0v) is 28.7. The van der Waals surface area contributed by atoms with E-state index in [4.69, 9.17) is 9.47 Å². The van der Waals surface area contributed by atoms with Crippen molar-refractivity contribution < 1.29 is 35.9 Å². The van der Waals surface area contributed by atoms with E-state index >= 15 is 0 Å². The number of nitrogens with one attached hydrogen (secondary N) is 3. The Labute approximate surface area is 284 Å². The van der Waals surface area contributed by atoms with E-state index in [0.717, 1.165) is 68.1 Å². The molecule has 3 aromatic rings. The van der Waals surface area contributed by atoms with Crippen molar-refractivity contribution >= 4 is 39.1 Å². The predicted molar refractivity (Wildman–Crippen MR) is 181 cm³/mol. The molecule has 5 rings (SSSR count). The SMILES string of the molecule is COc1cc(C(=O)NC2CCN(C3CCOCC3)CC2)ccc1Nc1ncc(C(F)(F)F)c(NCc2ccc(C)cc2N(C)S(C)(=O)=O)n1. The minimum Gasteiger partial charge on any atom is -0.495 e. The second-order valence-electron chi connectivity index (χ2n) is 12.3. The van der Waals surface area contributed by atoms with Crippen molar-refractivity contribution in [3.63, 3.8) is 0 Å². The topological polar surface area (TPSA) is 138 Å². The zero-order valence-electron chi connectivity index (χ0n) is 27.9. The largest absolute Gasteiger partial charge is 0.495 e. The number of aryl methyl sites for hydroxylation is 1. The molecule has 1 aromatic heterocycles. The second kappa shape index (κ2) is 15.2. The van der Waals surface area contributed by atoms with Gasteiger partial charge in [-0.2, -0.15) is 18.2 Å². The van der Waals surface area contributed by atoms with Crippen LogP contribution in [0.1, 0.15) is 52.7 Å². The number of sulfonamides is 1. The van der Waals surface area contributed by atoms with Gasteiger partial charge in [-0.15, -0.1) is 0 Å². The Bertz CT molecular complexity index is 1740. The molecule has 12 nitrogen and oxygen atoms in total. The quantitative estimate of drug-likeness (QED) is 0.252. The molecule has 3 heterocycles. The number of amides is 1. The lowest BCUT2D eigenvalue weighted by Crippen LogP contribution is -2.49. The highest BCUT2D eigenvalue weighted by Gasteiger charge is 2.35. The van der Waals surface area contributed by atoms with E-state index in [1.165, 1.54) is 14.2 Å². The number of alkyl halides is 3. The lowest BCUT2D eigenvalue weighted by Gasteiger charge is -2.39. The summed E-state index contributed by atoms with van der Waals surface area (Å²) >= 11 is 0. The smallest absolute Gasteiger partial charge is 0.421 e. The van der Waals surface area contributed by atoms with Crippen LogP contribution in [0.3, 0.4) is 0 Å². The summed E-state index contributed by atoms with van der Waals surface area (Å²) in [4.78, 5) is 23.6. The van der Waals surface area contributed by atoms with E-state index in [0.29, 0.717) is 34.7 Å². The van der Waals surface area contributed by atoms with Gasteiger partial charge in [0.15, 0.2) is 0 Å². The average molecular weight is 706 g/mol. The van der Waals surface area contributed by atoms with Crippen molar-refractivity contribution in [2.24, 2.45) is 0 Å². The molecule has 2 aromatic carbocycles. The van der Waals surface area contributed by atoms with E-state index in [2.05, 4.69) is 30.8 Å². The monoisotopic (exact) mass is 705 g/mol. The molecule has 0 atom stereocenters. The lowest BCUT2D eigenvalue weighted by molar-refractivity contribution is -0.137. The minimum atomic E-state index is -4.77. The molecule has 3 N–H and O–H groups in total. The van der Waals surface area contributed by atoms with Gasteiger partial charge in [-0.3, -0.25) is 9.10 Å². The molecule has 266 valence electrons. The molecule has 0 aliphatic carbocycles. The van der Waals surface area contributed by atoms with E-state index in [1.807, 2.05) is 0 Å². The number of anilines is 4. The number of halogens is 3. The number of rotatable bonds is 11. The van der Waals surface area contributed by atoms with Gasteiger partial charge in [0, 0.05) is 63.7 Å². The number of aromatic nitrogens is 2. The van der Waals surface area contributed by atoms with Gasteiger partial charge >= 0.3 is 6.18 Å². The predicted octanol–water partition coefficient (Wildman–Crippen LogP) is 4.94. The lowest BCUT2D eigenvalue weighted by atomic mass is 9.99. The summed E-state index contributed by atoms with van der Waals surface area (Å²) in [6, 6.07) is 10.3. The molecular weight excluding hydrogens is 663 g/mol. The van der Waals surface area contributed by atoms with Crippen LogP contribution < -0.4 is 25.0 Å². The second-order valence-corrected chi connectivity index (χ2v) is 14.4. The molecule has 0 bridgehead atoms. The third kappa shape index (κ3) is 9.10. The third-order valence-electron chi connectivity index (χ3n) is 8.90. The van der Waals surface area contributed by atoms with Crippen molar-refractivity contribution in [3.05, 3.63) is 64.8 Å². The van der Waals surface area contributed by atoms with Crippen LogP contribution in [0, 0.1) is 6.92 Å². The van der Waals surface area contributed by atoms with Crippen LogP contribution >= 0.6 is 0 Å². The maximum atomic E-state index is 14.0. The first-order chi connectivity index (χ1) is 23.2. The maximum absolute atomic E-state index is 14.0. The highest BCUT2D eigenvalue weighted by molar-refractivity contribution is 7.92. The first kappa shape index (κ1) is 36.1. The van der Waals surface area contributed by atoms with Gasteiger partial charge < -0.3 is 30.3 Å². The summed E-state index contributed by atoms with van der Waals surface area (Å²) in [6.45, 7) is 5.03. The van der Waals surface area contributed by atoms with Crippen LogP contribution in [-0.4, -0.2) is 88.0 Å². The van der Waals surface area contributed by atoms with E-state index in [1.54, 1.807) is 43.3 Å². The molecule has 1 amide bonds. The molecule has 49 heavy (non-hydrogen) atoms. The van der Waals surface area contributed by atoms with Crippen LogP contribution in [0.5, 0.6) is 5.75 Å². The highest BCUT2D eigenvalue weighted by Crippen LogP contribution is 2.36. The molecular formula is C33H42F3N7O5S. The van der Waals surface area contributed by atoms with Gasteiger partial charge in [-0.1, -0.05) is 12.1 Å². The van der Waals surface area contributed by atoms with Crippen LogP contribution in [0.4, 0.5) is 36.3 Å². The Morgan fingerprint density at radius 2 is 1.82 bits per heavy atom. The summed E-state index contributed by atoms with van der Waals surface area (Å²) in [5.74, 6) is -0.632. The number of methoxy groups -OCH3 is 1. The van der Waals surface area contributed by atoms with Crippen LogP contribution in [0.25, 0.3) is 0 Å². The van der Waals surface area contributed by atoms with Crippen molar-refractivity contribution in [2.45, 2.75) is 57.4 Å². The number of nitrogens with zero attached hydrogens (tertiary/aromatic N) is 4. The summed E-state index contributed by atoms with van der Waals surface area (Å²) < 4.78 is 78.4. The number of likely N-dealkylation sites (tertiary alicyclic amines) is 1. The summed E-state index contributed by atoms with van der Waals surface area (Å²) in [5, 5.41) is 8.72. The number of ether oxygens (including phenoxy) is 2. The fourth-order valence-electron chi connectivity index (χ4n) is 6.04. The molecule has 0 spiro atoms. The van der Waals surface area contributed by atoms with Gasteiger partial charge in [0.25, 0.3) is 5.91 Å². The Morgan fingerprint density at radius 1 is 1.10 bits per heavy atom. The maximum Gasteiger partial charge on any atom is 0.421 e. The first-order valence-electron chi connectivity index (χ1n) is 16.0. The summed E-state index contributed by atoms with van der Waals surface area (Å²) in [7, 11) is -0.837. The molecule has 0 unspecified atom stereocenters. The highest BCUT2D eigenvalue weighted by atomic mass is 32.2. The number of hydrogen-bond donors (Lipinski definition) is 3. The molecule has 2 saturated heterocycles. The molecule has 2 aliphatic heterocycles. The standard InChI is InChI=1S/C33H42F3N7O5S/c1-21-5-6-23(28(17-21)42(2)49(4,45)46)19-37-30-26(33(34,35)36)20-38-32(41-30)40-27-8-7-22(18-29(27)47-3)31(44)39-24-9-13-43(14-10-24)25-11-15-48-16-12-25/h5-8,17-18,20,24-25H,9-16,19H2,1-4H3,(H,39,44)(H2,37,38,40,41). The number of hydrogen-bond acceptors (Lipinski definition) is 10. The Kier molecular flexibility index (Phi) is 11.2. The fraction of sp³-hybridized carbons (Fsp3) is 0.485. The number of carbonyl (C=O) groups excluding carboxylic acids is 1. The third-order valence-corrected chi connectivity index (χ3v) is 10.1. The summed E-state index contributed by atoms with van der Waals surface area (Å²) in [6.07, 6.45) is 0.703.